The van der Waals surface area contributed by atoms with Crippen LogP contribution >= 0.6 is 0 Å². The molecule has 2 rings (SSSR count). The number of nitro benzene ring substituents is 1. The molecule has 0 aliphatic carbocycles. The first-order valence-corrected chi connectivity index (χ1v) is 5.25. The lowest BCUT2D eigenvalue weighted by molar-refractivity contribution is -0.386. The largest absolute Gasteiger partial charge is 0.485 e. The molecule has 1 unspecified atom stereocenters. The third-order valence-corrected chi connectivity index (χ3v) is 2.90. The Balaban J connectivity index is 2.50. The van der Waals surface area contributed by atoms with Crippen LogP contribution in [0, 0.1) is 10.1 Å². The lowest BCUT2D eigenvalue weighted by Gasteiger charge is -2.20. The molecule has 18 heavy (non-hydrogen) atoms. The SMILES string of the molecule is CC1(CO)Cc2cc([N+](=O)[O-])c(C(F)F)cc2O1. The molecule has 0 spiro atoms. The van der Waals surface area contributed by atoms with Crippen LogP contribution in [0.25, 0.3) is 0 Å². The molecule has 1 heterocycles. The van der Waals surface area contributed by atoms with Crippen molar-refractivity contribution in [3.05, 3.63) is 33.4 Å². The smallest absolute Gasteiger partial charge is 0.278 e. The molecule has 1 atom stereocenters. The van der Waals surface area contributed by atoms with Crippen LogP contribution in [0.2, 0.25) is 0 Å². The van der Waals surface area contributed by atoms with Gasteiger partial charge in [-0.2, -0.15) is 0 Å². The van der Waals surface area contributed by atoms with E-state index < -0.39 is 28.2 Å². The number of nitro groups is 1. The van der Waals surface area contributed by atoms with Gasteiger partial charge in [0.1, 0.15) is 11.4 Å². The highest BCUT2D eigenvalue weighted by molar-refractivity contribution is 5.53. The highest BCUT2D eigenvalue weighted by atomic mass is 19.3. The molecular weight excluding hydrogens is 248 g/mol. The molecule has 98 valence electrons. The molecule has 0 radical (unpaired) electrons. The maximum atomic E-state index is 12.7. The van der Waals surface area contributed by atoms with Crippen molar-refractivity contribution < 1.29 is 23.5 Å². The normalized spacial score (nSPS) is 21.8. The highest BCUT2D eigenvalue weighted by Gasteiger charge is 2.37. The first-order chi connectivity index (χ1) is 8.36. The van der Waals surface area contributed by atoms with E-state index >= 15 is 0 Å². The Labute approximate surface area is 101 Å². The van der Waals surface area contributed by atoms with Gasteiger partial charge in [-0.1, -0.05) is 0 Å². The number of benzene rings is 1. The molecule has 5 nitrogen and oxygen atoms in total. The Morgan fingerprint density at radius 2 is 2.28 bits per heavy atom. The van der Waals surface area contributed by atoms with Crippen molar-refractivity contribution in [3.8, 4) is 5.75 Å². The van der Waals surface area contributed by atoms with E-state index in [1.54, 1.807) is 6.92 Å². The molecule has 1 aliphatic heterocycles. The summed E-state index contributed by atoms with van der Waals surface area (Å²) in [4.78, 5) is 9.90. The van der Waals surface area contributed by atoms with Crippen molar-refractivity contribution in [2.24, 2.45) is 0 Å². The van der Waals surface area contributed by atoms with Crippen LogP contribution in [-0.2, 0) is 6.42 Å². The van der Waals surface area contributed by atoms with E-state index in [1.165, 1.54) is 0 Å². The number of aliphatic hydroxyl groups excluding tert-OH is 1. The number of hydrogen-bond acceptors (Lipinski definition) is 4. The van der Waals surface area contributed by atoms with Gasteiger partial charge < -0.3 is 9.84 Å². The quantitative estimate of drug-likeness (QED) is 0.667. The third kappa shape index (κ3) is 2.01. The molecule has 0 saturated heterocycles. The second-order valence-electron chi connectivity index (χ2n) is 4.46. The molecule has 1 aliphatic rings. The van der Waals surface area contributed by atoms with Gasteiger partial charge in [-0.25, -0.2) is 8.78 Å². The Kier molecular flexibility index (Phi) is 2.94. The van der Waals surface area contributed by atoms with Crippen LogP contribution in [0.3, 0.4) is 0 Å². The Hall–Kier alpha value is -1.76. The molecule has 0 bridgehead atoms. The van der Waals surface area contributed by atoms with E-state index in [2.05, 4.69) is 0 Å². The Morgan fingerprint density at radius 1 is 1.61 bits per heavy atom. The van der Waals surface area contributed by atoms with Gasteiger partial charge in [-0.15, -0.1) is 0 Å². The first-order valence-electron chi connectivity index (χ1n) is 5.25. The zero-order valence-corrected chi connectivity index (χ0v) is 9.52. The van der Waals surface area contributed by atoms with Crippen molar-refractivity contribution in [1.29, 1.82) is 0 Å². The summed E-state index contributed by atoms with van der Waals surface area (Å²) >= 11 is 0. The zero-order chi connectivity index (χ0) is 13.5. The third-order valence-electron chi connectivity index (χ3n) is 2.90. The summed E-state index contributed by atoms with van der Waals surface area (Å²) in [6.07, 6.45) is -2.69. The summed E-state index contributed by atoms with van der Waals surface area (Å²) in [6.45, 7) is 1.32. The molecule has 0 amide bonds. The lowest BCUT2D eigenvalue weighted by atomic mass is 9.99. The van der Waals surface area contributed by atoms with E-state index in [9.17, 15) is 18.9 Å². The number of fused-ring (bicyclic) bond motifs is 1. The Morgan fingerprint density at radius 3 is 2.78 bits per heavy atom. The molecular formula is C11H11F2NO4. The van der Waals surface area contributed by atoms with Crippen LogP contribution in [0.15, 0.2) is 12.1 Å². The number of alkyl halides is 2. The van der Waals surface area contributed by atoms with Gasteiger partial charge in [-0.3, -0.25) is 10.1 Å². The van der Waals surface area contributed by atoms with E-state index in [1.807, 2.05) is 0 Å². The van der Waals surface area contributed by atoms with Crippen molar-refractivity contribution in [3.63, 3.8) is 0 Å². The van der Waals surface area contributed by atoms with Crippen LogP contribution < -0.4 is 4.74 Å². The number of rotatable bonds is 3. The van der Waals surface area contributed by atoms with E-state index in [4.69, 9.17) is 9.84 Å². The maximum Gasteiger partial charge on any atom is 0.278 e. The van der Waals surface area contributed by atoms with E-state index in [0.29, 0.717) is 5.56 Å². The number of hydrogen-bond donors (Lipinski definition) is 1. The molecule has 7 heteroatoms. The highest BCUT2D eigenvalue weighted by Crippen LogP contribution is 2.41. The minimum Gasteiger partial charge on any atom is -0.485 e. The predicted octanol–water partition coefficient (Wildman–Crippen LogP) is 2.22. The average Bonchev–Trinajstić information content (AvgIpc) is 2.63. The number of halogens is 2. The molecule has 0 aromatic heterocycles. The Bertz CT molecular complexity index is 506. The van der Waals surface area contributed by atoms with Crippen LogP contribution in [0.4, 0.5) is 14.5 Å². The lowest BCUT2D eigenvalue weighted by Crippen LogP contribution is -2.34. The summed E-state index contributed by atoms with van der Waals surface area (Å²) < 4.78 is 30.8. The van der Waals surface area contributed by atoms with Crippen LogP contribution in [0.1, 0.15) is 24.5 Å². The molecule has 1 aromatic carbocycles. The zero-order valence-electron chi connectivity index (χ0n) is 9.52. The van der Waals surface area contributed by atoms with Crippen LogP contribution in [-0.4, -0.2) is 22.2 Å². The summed E-state index contributed by atoms with van der Waals surface area (Å²) in [7, 11) is 0. The fraction of sp³-hybridized carbons (Fsp3) is 0.455. The molecule has 0 saturated carbocycles. The van der Waals surface area contributed by atoms with E-state index in [0.717, 1.165) is 12.1 Å². The predicted molar refractivity (Wildman–Crippen MR) is 57.9 cm³/mol. The monoisotopic (exact) mass is 259 g/mol. The number of aliphatic hydroxyl groups is 1. The van der Waals surface area contributed by atoms with Gasteiger partial charge in [0.2, 0.25) is 0 Å². The second kappa shape index (κ2) is 4.16. The molecule has 1 aromatic rings. The summed E-state index contributed by atoms with van der Waals surface area (Å²) in [5.41, 5.74) is -1.73. The fourth-order valence-corrected chi connectivity index (χ4v) is 1.99. The summed E-state index contributed by atoms with van der Waals surface area (Å²) in [5.74, 6) is 0.174. The van der Waals surface area contributed by atoms with Crippen molar-refractivity contribution in [2.45, 2.75) is 25.4 Å². The van der Waals surface area contributed by atoms with Crippen molar-refractivity contribution in [2.75, 3.05) is 6.61 Å². The van der Waals surface area contributed by atoms with Crippen molar-refractivity contribution in [1.82, 2.24) is 0 Å². The fourth-order valence-electron chi connectivity index (χ4n) is 1.99. The molecule has 1 N–H and O–H groups in total. The topological polar surface area (TPSA) is 72.6 Å². The second-order valence-corrected chi connectivity index (χ2v) is 4.46. The summed E-state index contributed by atoms with van der Waals surface area (Å²) in [5, 5.41) is 19.9. The standard InChI is InChI=1S/C11H11F2NO4/c1-11(5-15)4-6-2-8(14(16)17)7(10(12)13)3-9(6)18-11/h2-3,10,15H,4-5H2,1H3. The minimum absolute atomic E-state index is 0.174. The maximum absolute atomic E-state index is 12.7. The van der Waals surface area contributed by atoms with Gasteiger partial charge in [0.25, 0.3) is 12.1 Å². The minimum atomic E-state index is -2.94. The van der Waals surface area contributed by atoms with E-state index in [-0.39, 0.29) is 18.8 Å². The first kappa shape index (κ1) is 12.7. The van der Waals surface area contributed by atoms with Crippen molar-refractivity contribution >= 4 is 5.69 Å². The van der Waals surface area contributed by atoms with Gasteiger partial charge in [-0.05, 0) is 13.0 Å². The van der Waals surface area contributed by atoms with Crippen LogP contribution in [0.5, 0.6) is 5.75 Å². The molecule has 0 fully saturated rings. The number of nitrogens with zero attached hydrogens (tertiary/aromatic N) is 1. The summed E-state index contributed by atoms with van der Waals surface area (Å²) in [6, 6.07) is 2.08. The average molecular weight is 259 g/mol. The van der Waals surface area contributed by atoms with Gasteiger partial charge in [0, 0.05) is 18.1 Å². The van der Waals surface area contributed by atoms with Gasteiger partial charge in [0.05, 0.1) is 17.1 Å². The van der Waals surface area contributed by atoms with Gasteiger partial charge >= 0.3 is 0 Å². The number of ether oxygens (including phenoxy) is 1. The van der Waals surface area contributed by atoms with Gasteiger partial charge in [0.15, 0.2) is 0 Å².